The number of carbonyl (C=O) groups excluding carboxylic acids is 1. The van der Waals surface area contributed by atoms with Crippen molar-refractivity contribution in [2.24, 2.45) is 0 Å². The van der Waals surface area contributed by atoms with Crippen molar-refractivity contribution in [3.05, 3.63) is 40.5 Å². The molecule has 2 aromatic heterocycles. The van der Waals surface area contributed by atoms with Gasteiger partial charge in [-0.1, -0.05) is 0 Å². The van der Waals surface area contributed by atoms with Gasteiger partial charge in [-0.3, -0.25) is 9.78 Å². The van der Waals surface area contributed by atoms with Crippen LogP contribution in [-0.2, 0) is 0 Å². The molecule has 0 aliphatic carbocycles. The first-order valence-electron chi connectivity index (χ1n) is 6.09. The molecule has 0 fully saturated rings. The van der Waals surface area contributed by atoms with E-state index in [2.05, 4.69) is 20.6 Å². The van der Waals surface area contributed by atoms with Gasteiger partial charge in [0.15, 0.2) is 0 Å². The molecule has 2 N–H and O–H groups in total. The Hall–Kier alpha value is -1.95. The summed E-state index contributed by atoms with van der Waals surface area (Å²) in [4.78, 5) is 20.3. The van der Waals surface area contributed by atoms with Crippen molar-refractivity contribution >= 4 is 23.1 Å². The molecule has 0 radical (unpaired) electrons. The van der Waals surface area contributed by atoms with Crippen LogP contribution in [0.5, 0.6) is 0 Å². The Bertz CT molecular complexity index is 541. The summed E-state index contributed by atoms with van der Waals surface area (Å²) in [7, 11) is 0. The first-order chi connectivity index (χ1) is 9.20. The smallest absolute Gasteiger partial charge is 0.272 e. The molecular weight excluding hydrogens is 260 g/mol. The molecule has 0 saturated carbocycles. The fourth-order valence-electron chi connectivity index (χ4n) is 1.62. The van der Waals surface area contributed by atoms with E-state index >= 15 is 0 Å². The molecule has 100 valence electrons. The van der Waals surface area contributed by atoms with Crippen LogP contribution < -0.4 is 10.6 Å². The summed E-state index contributed by atoms with van der Waals surface area (Å²) in [6.07, 6.45) is 3.07. The second-order valence-electron chi connectivity index (χ2n) is 4.07. The number of nitrogens with zero attached hydrogens (tertiary/aromatic N) is 2. The van der Waals surface area contributed by atoms with E-state index < -0.39 is 0 Å². The predicted octanol–water partition coefficient (Wildman–Crippen LogP) is 2.46. The Balaban J connectivity index is 2.05. The van der Waals surface area contributed by atoms with Gasteiger partial charge in [0, 0.05) is 6.54 Å². The van der Waals surface area contributed by atoms with Crippen molar-refractivity contribution in [1.82, 2.24) is 15.3 Å². The molecule has 1 amide bonds. The van der Waals surface area contributed by atoms with Crippen molar-refractivity contribution in [2.75, 3.05) is 11.9 Å². The normalized spacial score (nSPS) is 11.9. The lowest BCUT2D eigenvalue weighted by Crippen LogP contribution is -2.27. The molecule has 5 nitrogen and oxygen atoms in total. The van der Waals surface area contributed by atoms with Crippen LogP contribution in [0.4, 0.5) is 5.82 Å². The maximum atomic E-state index is 12.1. The fraction of sp³-hybridized carbons (Fsp3) is 0.308. The quantitative estimate of drug-likeness (QED) is 0.880. The average Bonchev–Trinajstić information content (AvgIpc) is 2.93. The van der Waals surface area contributed by atoms with Crippen LogP contribution in [0.2, 0.25) is 0 Å². The number of aromatic nitrogens is 2. The van der Waals surface area contributed by atoms with Gasteiger partial charge in [0.2, 0.25) is 0 Å². The standard InChI is InChI=1S/C13H16N4OS/c1-3-15-12-7-14-6-11(17-12)13(18)16-9(2)10-4-5-19-8-10/h4-9H,3H2,1-2H3,(H,15,17)(H,16,18). The predicted molar refractivity (Wildman–Crippen MR) is 76.4 cm³/mol. The third-order valence-electron chi connectivity index (χ3n) is 2.62. The third-order valence-corrected chi connectivity index (χ3v) is 3.32. The molecule has 2 aromatic rings. The van der Waals surface area contributed by atoms with Gasteiger partial charge in [0.1, 0.15) is 11.5 Å². The molecule has 2 rings (SSSR count). The molecule has 19 heavy (non-hydrogen) atoms. The highest BCUT2D eigenvalue weighted by atomic mass is 32.1. The Labute approximate surface area is 116 Å². The fourth-order valence-corrected chi connectivity index (χ4v) is 2.37. The topological polar surface area (TPSA) is 66.9 Å². The lowest BCUT2D eigenvalue weighted by atomic mass is 10.2. The second kappa shape index (κ2) is 6.29. The minimum atomic E-state index is -0.217. The van der Waals surface area contributed by atoms with E-state index in [0.717, 1.165) is 12.1 Å². The van der Waals surface area contributed by atoms with E-state index in [1.165, 1.54) is 6.20 Å². The number of amides is 1. The average molecular weight is 276 g/mol. The molecule has 0 bridgehead atoms. The minimum absolute atomic E-state index is 0.0386. The summed E-state index contributed by atoms with van der Waals surface area (Å²) in [5.74, 6) is 0.393. The van der Waals surface area contributed by atoms with Gasteiger partial charge in [0.05, 0.1) is 18.4 Å². The number of thiophene rings is 1. The van der Waals surface area contributed by atoms with Gasteiger partial charge >= 0.3 is 0 Å². The zero-order chi connectivity index (χ0) is 13.7. The van der Waals surface area contributed by atoms with E-state index in [1.807, 2.05) is 30.7 Å². The number of hydrogen-bond donors (Lipinski definition) is 2. The lowest BCUT2D eigenvalue weighted by molar-refractivity contribution is 0.0934. The summed E-state index contributed by atoms with van der Waals surface area (Å²) < 4.78 is 0. The van der Waals surface area contributed by atoms with Crippen LogP contribution in [0.1, 0.15) is 35.9 Å². The second-order valence-corrected chi connectivity index (χ2v) is 4.85. The van der Waals surface area contributed by atoms with Gasteiger partial charge in [-0.05, 0) is 36.2 Å². The molecular formula is C13H16N4OS. The highest BCUT2D eigenvalue weighted by Gasteiger charge is 2.13. The Morgan fingerprint density at radius 1 is 1.47 bits per heavy atom. The lowest BCUT2D eigenvalue weighted by Gasteiger charge is -2.12. The summed E-state index contributed by atoms with van der Waals surface area (Å²) in [5, 5.41) is 9.95. The minimum Gasteiger partial charge on any atom is -0.369 e. The van der Waals surface area contributed by atoms with E-state index in [-0.39, 0.29) is 11.9 Å². The summed E-state index contributed by atoms with van der Waals surface area (Å²) in [6.45, 7) is 4.65. The number of rotatable bonds is 5. The molecule has 6 heteroatoms. The summed E-state index contributed by atoms with van der Waals surface area (Å²) >= 11 is 1.61. The number of hydrogen-bond acceptors (Lipinski definition) is 5. The maximum absolute atomic E-state index is 12.1. The highest BCUT2D eigenvalue weighted by molar-refractivity contribution is 7.07. The van der Waals surface area contributed by atoms with E-state index in [0.29, 0.717) is 11.5 Å². The van der Waals surface area contributed by atoms with Gasteiger partial charge in [-0.15, -0.1) is 0 Å². The molecule has 1 atom stereocenters. The molecule has 2 heterocycles. The van der Waals surface area contributed by atoms with Crippen LogP contribution in [0.25, 0.3) is 0 Å². The van der Waals surface area contributed by atoms with Crippen molar-refractivity contribution in [1.29, 1.82) is 0 Å². The van der Waals surface area contributed by atoms with Gasteiger partial charge in [-0.2, -0.15) is 11.3 Å². The molecule has 0 aromatic carbocycles. The van der Waals surface area contributed by atoms with Crippen molar-refractivity contribution < 1.29 is 4.79 Å². The molecule has 0 saturated heterocycles. The zero-order valence-electron chi connectivity index (χ0n) is 10.9. The van der Waals surface area contributed by atoms with Gasteiger partial charge in [0.25, 0.3) is 5.91 Å². The zero-order valence-corrected chi connectivity index (χ0v) is 11.7. The van der Waals surface area contributed by atoms with Crippen molar-refractivity contribution in [3.63, 3.8) is 0 Å². The molecule has 0 spiro atoms. The Kier molecular flexibility index (Phi) is 4.46. The van der Waals surface area contributed by atoms with Crippen LogP contribution in [0.15, 0.2) is 29.2 Å². The number of anilines is 1. The molecule has 1 unspecified atom stereocenters. The number of carbonyl (C=O) groups is 1. The third kappa shape index (κ3) is 3.51. The van der Waals surface area contributed by atoms with Crippen LogP contribution in [0, 0.1) is 0 Å². The highest BCUT2D eigenvalue weighted by Crippen LogP contribution is 2.16. The summed E-state index contributed by atoms with van der Waals surface area (Å²) in [6, 6.07) is 1.96. The van der Waals surface area contributed by atoms with Gasteiger partial charge < -0.3 is 10.6 Å². The maximum Gasteiger partial charge on any atom is 0.272 e. The Morgan fingerprint density at radius 3 is 3.00 bits per heavy atom. The first kappa shape index (κ1) is 13.5. The van der Waals surface area contributed by atoms with E-state index in [1.54, 1.807) is 17.5 Å². The van der Waals surface area contributed by atoms with Crippen molar-refractivity contribution in [2.45, 2.75) is 19.9 Å². The monoisotopic (exact) mass is 276 g/mol. The van der Waals surface area contributed by atoms with Crippen molar-refractivity contribution in [3.8, 4) is 0 Å². The SMILES string of the molecule is CCNc1cncc(C(=O)NC(C)c2ccsc2)n1. The van der Waals surface area contributed by atoms with Crippen LogP contribution >= 0.6 is 11.3 Å². The molecule has 0 aliphatic heterocycles. The van der Waals surface area contributed by atoms with Crippen LogP contribution in [-0.4, -0.2) is 22.4 Å². The van der Waals surface area contributed by atoms with Gasteiger partial charge in [-0.25, -0.2) is 4.98 Å². The van der Waals surface area contributed by atoms with E-state index in [4.69, 9.17) is 0 Å². The van der Waals surface area contributed by atoms with E-state index in [9.17, 15) is 4.79 Å². The number of nitrogens with one attached hydrogen (secondary N) is 2. The largest absolute Gasteiger partial charge is 0.369 e. The Morgan fingerprint density at radius 2 is 2.32 bits per heavy atom. The first-order valence-corrected chi connectivity index (χ1v) is 7.04. The molecule has 0 aliphatic rings. The van der Waals surface area contributed by atoms with Crippen LogP contribution in [0.3, 0.4) is 0 Å². The summed E-state index contributed by atoms with van der Waals surface area (Å²) in [5.41, 5.74) is 1.41.